The Kier molecular flexibility index (Phi) is 3.05. The van der Waals surface area contributed by atoms with Crippen LogP contribution in [-0.2, 0) is 10.8 Å². The molecule has 0 spiro atoms. The van der Waals surface area contributed by atoms with Crippen molar-refractivity contribution in [1.82, 2.24) is 0 Å². The van der Waals surface area contributed by atoms with Crippen LogP contribution in [-0.4, -0.2) is 6.61 Å². The molecule has 0 bridgehead atoms. The lowest BCUT2D eigenvalue weighted by atomic mass is 9.78. The molecule has 94 valence electrons. The fraction of sp³-hybridized carbons (Fsp3) is 0.600. The van der Waals surface area contributed by atoms with Gasteiger partial charge in [0.25, 0.3) is 0 Å². The largest absolute Gasteiger partial charge is 0.492 e. The molecular formula is C15H21BrO. The Balaban J connectivity index is 2.65. The van der Waals surface area contributed by atoms with Gasteiger partial charge in [0.15, 0.2) is 0 Å². The van der Waals surface area contributed by atoms with Gasteiger partial charge in [-0.05, 0) is 24.0 Å². The molecule has 0 aliphatic carbocycles. The van der Waals surface area contributed by atoms with Gasteiger partial charge in [-0.2, -0.15) is 0 Å². The van der Waals surface area contributed by atoms with E-state index < -0.39 is 0 Å². The van der Waals surface area contributed by atoms with Crippen LogP contribution in [0.25, 0.3) is 0 Å². The second-order valence-electron chi connectivity index (χ2n) is 6.28. The lowest BCUT2D eigenvalue weighted by Gasteiger charge is -2.24. The molecule has 1 unspecified atom stereocenters. The minimum Gasteiger partial charge on any atom is -0.492 e. The van der Waals surface area contributed by atoms with E-state index in [1.807, 2.05) is 0 Å². The molecular weight excluding hydrogens is 276 g/mol. The van der Waals surface area contributed by atoms with E-state index in [1.54, 1.807) is 0 Å². The number of hydrogen-bond acceptors (Lipinski definition) is 1. The quantitative estimate of drug-likeness (QED) is 0.723. The summed E-state index contributed by atoms with van der Waals surface area (Å²) in [4.78, 5) is 0. The predicted molar refractivity (Wildman–Crippen MR) is 76.0 cm³/mol. The maximum atomic E-state index is 6.00. The molecule has 2 heteroatoms. The molecule has 1 aliphatic rings. The van der Waals surface area contributed by atoms with Gasteiger partial charge in [-0.1, -0.05) is 50.5 Å². The third-order valence-corrected chi connectivity index (χ3v) is 4.29. The van der Waals surface area contributed by atoms with E-state index in [4.69, 9.17) is 4.74 Å². The zero-order chi connectivity index (χ0) is 12.8. The summed E-state index contributed by atoms with van der Waals surface area (Å²) in [6.07, 6.45) is 1.11. The first-order valence-electron chi connectivity index (χ1n) is 6.25. The number of ether oxygens (including phenoxy) is 1. The molecule has 0 aromatic heterocycles. The summed E-state index contributed by atoms with van der Waals surface area (Å²) < 4.78 is 7.16. The Hall–Kier alpha value is -0.500. The molecule has 0 amide bonds. The molecule has 1 aromatic carbocycles. The van der Waals surface area contributed by atoms with Crippen LogP contribution in [0.2, 0.25) is 0 Å². The second-order valence-corrected chi connectivity index (χ2v) is 7.20. The van der Waals surface area contributed by atoms with Crippen molar-refractivity contribution in [2.75, 3.05) is 6.61 Å². The molecule has 0 saturated heterocycles. The Labute approximate surface area is 113 Å². The first-order valence-corrected chi connectivity index (χ1v) is 7.04. The minimum atomic E-state index is 0.118. The molecule has 1 atom stereocenters. The highest BCUT2D eigenvalue weighted by Crippen LogP contribution is 2.47. The van der Waals surface area contributed by atoms with E-state index in [0.29, 0.717) is 0 Å². The van der Waals surface area contributed by atoms with Crippen molar-refractivity contribution in [3.63, 3.8) is 0 Å². The van der Waals surface area contributed by atoms with Crippen LogP contribution in [0.4, 0.5) is 0 Å². The van der Waals surface area contributed by atoms with Crippen molar-refractivity contribution < 1.29 is 4.74 Å². The number of rotatable bonds is 1. The summed E-state index contributed by atoms with van der Waals surface area (Å²) >= 11 is 3.63. The Morgan fingerprint density at radius 1 is 1.35 bits per heavy atom. The SMILES string of the molecule is CCC1(C)COc2c(C(C)(C)C)cc(Br)cc21. The summed E-state index contributed by atoms with van der Waals surface area (Å²) in [5.41, 5.74) is 2.95. The van der Waals surface area contributed by atoms with Crippen molar-refractivity contribution in [1.29, 1.82) is 0 Å². The zero-order valence-corrected chi connectivity index (χ0v) is 12.9. The van der Waals surface area contributed by atoms with E-state index in [0.717, 1.165) is 23.2 Å². The van der Waals surface area contributed by atoms with Crippen molar-refractivity contribution in [3.8, 4) is 5.75 Å². The van der Waals surface area contributed by atoms with E-state index >= 15 is 0 Å². The zero-order valence-electron chi connectivity index (χ0n) is 11.4. The van der Waals surface area contributed by atoms with Gasteiger partial charge in [-0.3, -0.25) is 0 Å². The molecule has 0 N–H and O–H groups in total. The third-order valence-electron chi connectivity index (χ3n) is 3.83. The van der Waals surface area contributed by atoms with Gasteiger partial charge in [-0.15, -0.1) is 0 Å². The van der Waals surface area contributed by atoms with Crippen LogP contribution in [0.1, 0.15) is 52.2 Å². The Morgan fingerprint density at radius 2 is 2.00 bits per heavy atom. The van der Waals surface area contributed by atoms with Crippen LogP contribution < -0.4 is 4.74 Å². The van der Waals surface area contributed by atoms with Crippen LogP contribution in [0.15, 0.2) is 16.6 Å². The van der Waals surface area contributed by atoms with Crippen LogP contribution in [0.5, 0.6) is 5.75 Å². The average Bonchev–Trinajstić information content (AvgIpc) is 2.55. The van der Waals surface area contributed by atoms with Gasteiger partial charge in [0.2, 0.25) is 0 Å². The molecule has 1 nitrogen and oxygen atoms in total. The summed E-state index contributed by atoms with van der Waals surface area (Å²) in [6.45, 7) is 12.0. The summed E-state index contributed by atoms with van der Waals surface area (Å²) in [7, 11) is 0. The third kappa shape index (κ3) is 2.12. The fourth-order valence-corrected chi connectivity index (χ4v) is 2.81. The fourth-order valence-electron chi connectivity index (χ4n) is 2.36. The summed E-state index contributed by atoms with van der Waals surface area (Å²) in [6, 6.07) is 4.42. The predicted octanol–water partition coefficient (Wildman–Crippen LogP) is 4.81. The molecule has 1 heterocycles. The lowest BCUT2D eigenvalue weighted by molar-refractivity contribution is 0.269. The van der Waals surface area contributed by atoms with E-state index in [2.05, 4.69) is 62.7 Å². The first-order chi connectivity index (χ1) is 7.78. The molecule has 0 saturated carbocycles. The van der Waals surface area contributed by atoms with Crippen molar-refractivity contribution in [3.05, 3.63) is 27.7 Å². The topological polar surface area (TPSA) is 9.23 Å². The van der Waals surface area contributed by atoms with Crippen molar-refractivity contribution >= 4 is 15.9 Å². The maximum Gasteiger partial charge on any atom is 0.127 e. The number of benzene rings is 1. The van der Waals surface area contributed by atoms with Gasteiger partial charge in [0, 0.05) is 21.0 Å². The Bertz CT molecular complexity index is 445. The lowest BCUT2D eigenvalue weighted by Crippen LogP contribution is -2.22. The highest BCUT2D eigenvalue weighted by Gasteiger charge is 2.38. The number of halogens is 1. The second kappa shape index (κ2) is 4.01. The average molecular weight is 297 g/mol. The van der Waals surface area contributed by atoms with Crippen LogP contribution in [0, 0.1) is 0 Å². The van der Waals surface area contributed by atoms with Crippen LogP contribution in [0.3, 0.4) is 0 Å². The van der Waals surface area contributed by atoms with Crippen molar-refractivity contribution in [2.24, 2.45) is 0 Å². The summed E-state index contributed by atoms with van der Waals surface area (Å²) in [5.74, 6) is 1.12. The molecule has 17 heavy (non-hydrogen) atoms. The smallest absolute Gasteiger partial charge is 0.127 e. The van der Waals surface area contributed by atoms with Gasteiger partial charge in [0.05, 0.1) is 6.61 Å². The van der Waals surface area contributed by atoms with Gasteiger partial charge >= 0.3 is 0 Å². The normalized spacial score (nSPS) is 23.4. The standard InChI is InChI=1S/C15H21BrO/c1-6-15(5)9-17-13-11(14(2,3)4)7-10(16)8-12(13)15/h7-8H,6,9H2,1-5H3. The van der Waals surface area contributed by atoms with E-state index in [1.165, 1.54) is 11.1 Å². The Morgan fingerprint density at radius 3 is 2.53 bits per heavy atom. The highest BCUT2D eigenvalue weighted by atomic mass is 79.9. The minimum absolute atomic E-state index is 0.118. The summed E-state index contributed by atoms with van der Waals surface area (Å²) in [5, 5.41) is 0. The van der Waals surface area contributed by atoms with E-state index in [-0.39, 0.29) is 10.8 Å². The number of fused-ring (bicyclic) bond motifs is 1. The maximum absolute atomic E-state index is 6.00. The van der Waals surface area contributed by atoms with Crippen molar-refractivity contribution in [2.45, 2.75) is 51.9 Å². The molecule has 2 rings (SSSR count). The van der Waals surface area contributed by atoms with Gasteiger partial charge in [-0.25, -0.2) is 0 Å². The monoisotopic (exact) mass is 296 g/mol. The molecule has 1 aliphatic heterocycles. The molecule has 0 fully saturated rings. The first kappa shape index (κ1) is 12.9. The number of hydrogen-bond donors (Lipinski definition) is 0. The van der Waals surface area contributed by atoms with E-state index in [9.17, 15) is 0 Å². The highest BCUT2D eigenvalue weighted by molar-refractivity contribution is 9.10. The van der Waals surface area contributed by atoms with Crippen LogP contribution >= 0.6 is 15.9 Å². The van der Waals surface area contributed by atoms with Gasteiger partial charge < -0.3 is 4.74 Å². The molecule has 0 radical (unpaired) electrons. The molecule has 1 aromatic rings. The van der Waals surface area contributed by atoms with Gasteiger partial charge in [0.1, 0.15) is 5.75 Å².